The van der Waals surface area contributed by atoms with Crippen LogP contribution in [0.25, 0.3) is 0 Å². The maximum absolute atomic E-state index is 11.2. The summed E-state index contributed by atoms with van der Waals surface area (Å²) in [6.07, 6.45) is 4.89. The number of hydrogen-bond donors (Lipinski definition) is 1. The molecule has 2 aliphatic rings. The zero-order valence-electron chi connectivity index (χ0n) is 7.43. The molecule has 0 aromatic heterocycles. The van der Waals surface area contributed by atoms with E-state index < -0.39 is 0 Å². The molecule has 1 aliphatic carbocycles. The van der Waals surface area contributed by atoms with Gasteiger partial charge in [-0.2, -0.15) is 0 Å². The van der Waals surface area contributed by atoms with Gasteiger partial charge in [0.05, 0.1) is 7.11 Å². The van der Waals surface area contributed by atoms with E-state index in [0.29, 0.717) is 5.41 Å². The van der Waals surface area contributed by atoms with Crippen molar-refractivity contribution in [2.45, 2.75) is 31.7 Å². The van der Waals surface area contributed by atoms with Crippen molar-refractivity contribution in [1.29, 1.82) is 0 Å². The maximum atomic E-state index is 11.2. The Bertz CT molecular complexity index is 199. The summed E-state index contributed by atoms with van der Waals surface area (Å²) < 4.78 is 4.69. The lowest BCUT2D eigenvalue weighted by Crippen LogP contribution is -2.31. The van der Waals surface area contributed by atoms with Gasteiger partial charge >= 0.3 is 5.97 Å². The van der Waals surface area contributed by atoms with Crippen LogP contribution in [0.15, 0.2) is 0 Å². The van der Waals surface area contributed by atoms with Crippen molar-refractivity contribution in [3.8, 4) is 0 Å². The highest BCUT2D eigenvalue weighted by Crippen LogP contribution is 2.47. The van der Waals surface area contributed by atoms with Crippen LogP contribution in [0.5, 0.6) is 0 Å². The SMILES string of the molecule is COC(=O)[C@@H]1CC2(CCC2)CN1. The van der Waals surface area contributed by atoms with Crippen LogP contribution in [-0.4, -0.2) is 25.7 Å². The van der Waals surface area contributed by atoms with Gasteiger partial charge in [0, 0.05) is 6.54 Å². The Balaban J connectivity index is 1.93. The molecule has 12 heavy (non-hydrogen) atoms. The highest BCUT2D eigenvalue weighted by Gasteiger charge is 2.45. The molecule has 2 rings (SSSR count). The van der Waals surface area contributed by atoms with Crippen LogP contribution in [-0.2, 0) is 9.53 Å². The van der Waals surface area contributed by atoms with Gasteiger partial charge < -0.3 is 10.1 Å². The van der Waals surface area contributed by atoms with Crippen LogP contribution >= 0.6 is 0 Å². The summed E-state index contributed by atoms with van der Waals surface area (Å²) >= 11 is 0. The minimum absolute atomic E-state index is 0.0321. The molecule has 0 amide bonds. The van der Waals surface area contributed by atoms with Crippen molar-refractivity contribution < 1.29 is 9.53 Å². The third kappa shape index (κ3) is 1.12. The van der Waals surface area contributed by atoms with Crippen LogP contribution in [0.4, 0.5) is 0 Å². The highest BCUT2D eigenvalue weighted by molar-refractivity contribution is 5.76. The van der Waals surface area contributed by atoms with E-state index in [2.05, 4.69) is 5.32 Å². The smallest absolute Gasteiger partial charge is 0.322 e. The highest BCUT2D eigenvalue weighted by atomic mass is 16.5. The molecule has 0 unspecified atom stereocenters. The van der Waals surface area contributed by atoms with E-state index >= 15 is 0 Å². The lowest BCUT2D eigenvalue weighted by Gasteiger charge is -2.37. The number of nitrogens with one attached hydrogen (secondary N) is 1. The minimum Gasteiger partial charge on any atom is -0.468 e. The van der Waals surface area contributed by atoms with E-state index in [1.54, 1.807) is 0 Å². The number of hydrogen-bond acceptors (Lipinski definition) is 3. The molecule has 1 atom stereocenters. The van der Waals surface area contributed by atoms with Gasteiger partial charge in [0.25, 0.3) is 0 Å². The van der Waals surface area contributed by atoms with Gasteiger partial charge in [0.15, 0.2) is 0 Å². The number of carbonyl (C=O) groups is 1. The Hall–Kier alpha value is -0.570. The minimum atomic E-state index is -0.0984. The average molecular weight is 169 g/mol. The Kier molecular flexibility index (Phi) is 1.83. The van der Waals surface area contributed by atoms with Gasteiger partial charge in [-0.05, 0) is 24.7 Å². The van der Waals surface area contributed by atoms with Gasteiger partial charge in [-0.25, -0.2) is 0 Å². The molecule has 0 aromatic carbocycles. The molecule has 3 heteroatoms. The second-order valence-corrected chi connectivity index (χ2v) is 4.01. The van der Waals surface area contributed by atoms with Gasteiger partial charge in [-0.3, -0.25) is 4.79 Å². The Labute approximate surface area is 72.5 Å². The second kappa shape index (κ2) is 2.73. The lowest BCUT2D eigenvalue weighted by atomic mass is 9.67. The molecule has 1 heterocycles. The molecule has 1 saturated heterocycles. The number of rotatable bonds is 1. The standard InChI is InChI=1S/C9H15NO2/c1-12-8(11)7-5-9(6-10-7)3-2-4-9/h7,10H,2-6H2,1H3/t7-/m0/s1. The molecule has 0 bridgehead atoms. The first kappa shape index (κ1) is 8.05. The monoisotopic (exact) mass is 169 g/mol. The summed E-state index contributed by atoms with van der Waals surface area (Å²) in [4.78, 5) is 11.2. The van der Waals surface area contributed by atoms with Crippen LogP contribution in [0, 0.1) is 5.41 Å². The maximum Gasteiger partial charge on any atom is 0.322 e. The van der Waals surface area contributed by atoms with Crippen molar-refractivity contribution in [1.82, 2.24) is 5.32 Å². The molecule has 1 spiro atoms. The first-order chi connectivity index (χ1) is 5.76. The number of methoxy groups -OCH3 is 1. The Morgan fingerprint density at radius 3 is 2.75 bits per heavy atom. The quantitative estimate of drug-likeness (QED) is 0.587. The van der Waals surface area contributed by atoms with Crippen LogP contribution in [0.3, 0.4) is 0 Å². The largest absolute Gasteiger partial charge is 0.468 e. The Morgan fingerprint density at radius 2 is 2.33 bits per heavy atom. The average Bonchev–Trinajstić information content (AvgIpc) is 2.46. The van der Waals surface area contributed by atoms with Crippen molar-refractivity contribution in [2.75, 3.05) is 13.7 Å². The normalized spacial score (nSPS) is 31.6. The van der Waals surface area contributed by atoms with Gasteiger partial charge in [0.1, 0.15) is 6.04 Å². The first-order valence-electron chi connectivity index (χ1n) is 4.57. The van der Waals surface area contributed by atoms with E-state index in [-0.39, 0.29) is 12.0 Å². The zero-order chi connectivity index (χ0) is 8.60. The molecule has 1 saturated carbocycles. The van der Waals surface area contributed by atoms with E-state index in [1.165, 1.54) is 26.4 Å². The third-order valence-electron chi connectivity index (χ3n) is 3.26. The number of carbonyl (C=O) groups excluding carboxylic acids is 1. The van der Waals surface area contributed by atoms with Crippen LogP contribution in [0.2, 0.25) is 0 Å². The van der Waals surface area contributed by atoms with Crippen LogP contribution in [0.1, 0.15) is 25.7 Å². The first-order valence-corrected chi connectivity index (χ1v) is 4.57. The van der Waals surface area contributed by atoms with Crippen molar-refractivity contribution in [2.24, 2.45) is 5.41 Å². The summed E-state index contributed by atoms with van der Waals surface area (Å²) in [5.74, 6) is -0.0984. The van der Waals surface area contributed by atoms with Gasteiger partial charge in [-0.15, -0.1) is 0 Å². The van der Waals surface area contributed by atoms with E-state index in [4.69, 9.17) is 4.74 Å². The second-order valence-electron chi connectivity index (χ2n) is 4.01. The fourth-order valence-corrected chi connectivity index (χ4v) is 2.28. The summed E-state index contributed by atoms with van der Waals surface area (Å²) in [6.45, 7) is 1.01. The molecule has 0 aromatic rings. The van der Waals surface area contributed by atoms with Gasteiger partial charge in [-0.1, -0.05) is 6.42 Å². The summed E-state index contributed by atoms with van der Waals surface area (Å²) in [7, 11) is 1.45. The number of ether oxygens (including phenoxy) is 1. The summed E-state index contributed by atoms with van der Waals surface area (Å²) in [5, 5.41) is 3.23. The van der Waals surface area contributed by atoms with E-state index in [9.17, 15) is 4.79 Å². The molecule has 0 radical (unpaired) electrons. The summed E-state index contributed by atoms with van der Waals surface area (Å²) in [5.41, 5.74) is 0.457. The van der Waals surface area contributed by atoms with E-state index in [0.717, 1.165) is 13.0 Å². The molecule has 2 fully saturated rings. The molecule has 1 aliphatic heterocycles. The predicted molar refractivity (Wildman–Crippen MR) is 44.7 cm³/mol. The molecule has 3 nitrogen and oxygen atoms in total. The van der Waals surface area contributed by atoms with Gasteiger partial charge in [0.2, 0.25) is 0 Å². The molecule has 1 N–H and O–H groups in total. The topological polar surface area (TPSA) is 38.3 Å². The molecular weight excluding hydrogens is 154 g/mol. The fourth-order valence-electron chi connectivity index (χ4n) is 2.28. The predicted octanol–water partition coefficient (Wildman–Crippen LogP) is 0.692. The summed E-state index contributed by atoms with van der Waals surface area (Å²) in [6, 6.07) is -0.0321. The van der Waals surface area contributed by atoms with Crippen molar-refractivity contribution in [3.63, 3.8) is 0 Å². The lowest BCUT2D eigenvalue weighted by molar-refractivity contribution is -0.143. The van der Waals surface area contributed by atoms with Crippen molar-refractivity contribution >= 4 is 5.97 Å². The van der Waals surface area contributed by atoms with Crippen LogP contribution < -0.4 is 5.32 Å². The molecule has 68 valence electrons. The Morgan fingerprint density at radius 1 is 1.58 bits per heavy atom. The van der Waals surface area contributed by atoms with Crippen molar-refractivity contribution in [3.05, 3.63) is 0 Å². The van der Waals surface area contributed by atoms with E-state index in [1.807, 2.05) is 0 Å². The molecular formula is C9H15NO2. The fraction of sp³-hybridized carbons (Fsp3) is 0.889. The zero-order valence-corrected chi connectivity index (χ0v) is 7.43. The third-order valence-corrected chi connectivity index (χ3v) is 3.26. The number of esters is 1.